The number of ketones is 1. The van der Waals surface area contributed by atoms with E-state index in [1.165, 1.54) is 16.5 Å². The normalized spacial score (nSPS) is 11.3. The molecule has 0 aliphatic carbocycles. The van der Waals surface area contributed by atoms with E-state index in [1.807, 2.05) is 30.3 Å². The van der Waals surface area contributed by atoms with Crippen molar-refractivity contribution in [2.45, 2.75) is 39.2 Å². The quantitative estimate of drug-likeness (QED) is 0.231. The van der Waals surface area contributed by atoms with Gasteiger partial charge in [-0.2, -0.15) is 0 Å². The van der Waals surface area contributed by atoms with E-state index in [9.17, 15) is 4.79 Å². The Morgan fingerprint density at radius 1 is 0.970 bits per heavy atom. The number of rotatable bonds is 9. The number of hydrogen-bond donors (Lipinski definition) is 1. The van der Waals surface area contributed by atoms with Gasteiger partial charge in [-0.05, 0) is 42.3 Å². The zero-order valence-corrected chi connectivity index (χ0v) is 19.7. The number of aromatic amines is 1. The van der Waals surface area contributed by atoms with Gasteiger partial charge in [-0.15, -0.1) is 11.3 Å². The Bertz CT molecular complexity index is 1360. The first-order valence-electron chi connectivity index (χ1n) is 11.7. The number of unbranched alkanes of at least 4 members (excludes halogenated alkanes) is 1. The second kappa shape index (κ2) is 9.63. The molecular formula is C29H28N2OS. The molecule has 0 aliphatic rings. The van der Waals surface area contributed by atoms with Gasteiger partial charge >= 0.3 is 0 Å². The molecule has 0 unspecified atom stereocenters. The molecule has 3 aromatic heterocycles. The zero-order chi connectivity index (χ0) is 22.6. The number of nitrogens with zero attached hydrogens (tertiary/aromatic N) is 1. The third-order valence-corrected chi connectivity index (χ3v) is 7.21. The second-order valence-corrected chi connectivity index (χ2v) is 9.39. The number of aryl methyl sites for hydroxylation is 2. The third kappa shape index (κ3) is 4.31. The predicted molar refractivity (Wildman–Crippen MR) is 138 cm³/mol. The lowest BCUT2D eigenvalue weighted by Crippen LogP contribution is -2.10. The number of benzene rings is 2. The summed E-state index contributed by atoms with van der Waals surface area (Å²) in [5.74, 6) is 0.121. The molecule has 166 valence electrons. The smallest absolute Gasteiger partial charge is 0.195 e. The van der Waals surface area contributed by atoms with Gasteiger partial charge in [-0.25, -0.2) is 0 Å². The maximum Gasteiger partial charge on any atom is 0.195 e. The summed E-state index contributed by atoms with van der Waals surface area (Å²) in [7, 11) is 0. The van der Waals surface area contributed by atoms with Crippen molar-refractivity contribution in [2.75, 3.05) is 0 Å². The summed E-state index contributed by atoms with van der Waals surface area (Å²) in [5, 5.41) is 3.36. The Labute approximate surface area is 198 Å². The van der Waals surface area contributed by atoms with Crippen LogP contribution in [0.5, 0.6) is 0 Å². The molecule has 0 amide bonds. The Hall–Kier alpha value is -3.37. The molecule has 3 heterocycles. The largest absolute Gasteiger partial charge is 0.361 e. The first kappa shape index (κ1) is 21.5. The number of para-hydroxylation sites is 1. The van der Waals surface area contributed by atoms with Crippen LogP contribution in [-0.4, -0.2) is 15.3 Å². The van der Waals surface area contributed by atoms with Gasteiger partial charge in [-0.1, -0.05) is 67.9 Å². The van der Waals surface area contributed by atoms with Gasteiger partial charge in [0, 0.05) is 51.5 Å². The molecule has 33 heavy (non-hydrogen) atoms. The van der Waals surface area contributed by atoms with Gasteiger partial charge in [0.05, 0.1) is 5.56 Å². The maximum atomic E-state index is 13.8. The average Bonchev–Trinajstić information content (AvgIpc) is 3.60. The van der Waals surface area contributed by atoms with Crippen LogP contribution >= 0.6 is 11.3 Å². The van der Waals surface area contributed by atoms with E-state index in [1.54, 1.807) is 11.3 Å². The number of hydrogen-bond acceptors (Lipinski definition) is 2. The van der Waals surface area contributed by atoms with E-state index >= 15 is 0 Å². The summed E-state index contributed by atoms with van der Waals surface area (Å²) < 4.78 is 2.34. The Morgan fingerprint density at radius 2 is 1.79 bits per heavy atom. The van der Waals surface area contributed by atoms with Gasteiger partial charge in [0.2, 0.25) is 0 Å². The predicted octanol–water partition coefficient (Wildman–Crippen LogP) is 7.51. The minimum Gasteiger partial charge on any atom is -0.361 e. The molecule has 0 spiro atoms. The molecule has 5 rings (SSSR count). The second-order valence-electron chi connectivity index (χ2n) is 8.44. The number of aromatic nitrogens is 2. The monoisotopic (exact) mass is 452 g/mol. The fourth-order valence-corrected chi connectivity index (χ4v) is 5.34. The van der Waals surface area contributed by atoms with Crippen molar-refractivity contribution >= 4 is 28.0 Å². The van der Waals surface area contributed by atoms with Crippen LogP contribution in [0.3, 0.4) is 0 Å². The molecule has 0 aliphatic heterocycles. The molecule has 5 aromatic rings. The van der Waals surface area contributed by atoms with Crippen molar-refractivity contribution in [2.24, 2.45) is 0 Å². The van der Waals surface area contributed by atoms with Gasteiger partial charge in [-0.3, -0.25) is 4.79 Å². The number of carbonyl (C=O) groups excluding carboxylic acids is 1. The Kier molecular flexibility index (Phi) is 6.27. The summed E-state index contributed by atoms with van der Waals surface area (Å²) in [4.78, 5) is 18.3. The highest BCUT2D eigenvalue weighted by Crippen LogP contribution is 2.34. The Morgan fingerprint density at radius 3 is 2.58 bits per heavy atom. The number of carbonyl (C=O) groups is 1. The summed E-state index contributed by atoms with van der Waals surface area (Å²) in [6, 6.07) is 22.3. The highest BCUT2D eigenvalue weighted by molar-refractivity contribution is 7.13. The van der Waals surface area contributed by atoms with Gasteiger partial charge in [0.1, 0.15) is 0 Å². The van der Waals surface area contributed by atoms with Gasteiger partial charge < -0.3 is 9.55 Å². The summed E-state index contributed by atoms with van der Waals surface area (Å²) in [5.41, 5.74) is 6.33. The molecule has 0 radical (unpaired) electrons. The molecule has 0 fully saturated rings. The molecule has 2 aromatic carbocycles. The minimum absolute atomic E-state index is 0.121. The molecule has 4 heteroatoms. The van der Waals surface area contributed by atoms with Crippen LogP contribution in [0.2, 0.25) is 0 Å². The molecule has 0 atom stereocenters. The Balaban J connectivity index is 1.57. The lowest BCUT2D eigenvalue weighted by molar-refractivity contribution is 0.103. The van der Waals surface area contributed by atoms with Crippen LogP contribution in [-0.2, 0) is 19.4 Å². The van der Waals surface area contributed by atoms with Crippen LogP contribution in [0.1, 0.15) is 46.9 Å². The van der Waals surface area contributed by atoms with Crippen LogP contribution in [0.4, 0.5) is 0 Å². The van der Waals surface area contributed by atoms with E-state index in [2.05, 4.69) is 70.6 Å². The van der Waals surface area contributed by atoms with Crippen molar-refractivity contribution in [1.82, 2.24) is 9.55 Å². The topological polar surface area (TPSA) is 37.8 Å². The van der Waals surface area contributed by atoms with Crippen molar-refractivity contribution < 1.29 is 4.79 Å². The lowest BCUT2D eigenvalue weighted by Gasteiger charge is -2.11. The summed E-state index contributed by atoms with van der Waals surface area (Å²) in [6.07, 6.45) is 8.32. The van der Waals surface area contributed by atoms with Crippen LogP contribution < -0.4 is 0 Å². The van der Waals surface area contributed by atoms with E-state index in [0.717, 1.165) is 59.5 Å². The van der Waals surface area contributed by atoms with E-state index < -0.39 is 0 Å². The lowest BCUT2D eigenvalue weighted by atomic mass is 9.97. The number of H-pyrrole nitrogens is 1. The van der Waals surface area contributed by atoms with E-state index in [-0.39, 0.29) is 5.78 Å². The third-order valence-electron chi connectivity index (χ3n) is 6.30. The van der Waals surface area contributed by atoms with Gasteiger partial charge in [0.15, 0.2) is 5.78 Å². The highest BCUT2D eigenvalue weighted by atomic mass is 32.1. The van der Waals surface area contributed by atoms with Gasteiger partial charge in [0.25, 0.3) is 0 Å². The minimum atomic E-state index is 0.121. The standard InChI is InChI=1S/C29H28N2OS/c1-2-3-14-26-28(29(32)21-10-5-4-6-11-21)24(27-15-9-18-33-27)20-31(26)17-16-22-19-30-25-13-8-7-12-23(22)25/h4-13,15,18-20,30H,2-3,14,16-17H2,1H3. The van der Waals surface area contributed by atoms with Crippen molar-refractivity contribution in [1.29, 1.82) is 0 Å². The highest BCUT2D eigenvalue weighted by Gasteiger charge is 2.24. The van der Waals surface area contributed by atoms with Crippen LogP contribution in [0, 0.1) is 0 Å². The van der Waals surface area contributed by atoms with Crippen molar-refractivity contribution in [3.8, 4) is 10.4 Å². The number of fused-ring (bicyclic) bond motifs is 1. The fraction of sp³-hybridized carbons (Fsp3) is 0.207. The molecule has 3 nitrogen and oxygen atoms in total. The molecule has 1 N–H and O–H groups in total. The number of nitrogens with one attached hydrogen (secondary N) is 1. The van der Waals surface area contributed by atoms with Crippen LogP contribution in [0.25, 0.3) is 21.3 Å². The van der Waals surface area contributed by atoms with Crippen molar-refractivity contribution in [3.05, 3.63) is 107 Å². The molecular weight excluding hydrogens is 424 g/mol. The first-order chi connectivity index (χ1) is 16.3. The van der Waals surface area contributed by atoms with E-state index in [4.69, 9.17) is 0 Å². The SMILES string of the molecule is CCCCc1c(C(=O)c2ccccc2)c(-c2cccs2)cn1CCc1c[nH]c2ccccc12. The zero-order valence-electron chi connectivity index (χ0n) is 18.9. The molecule has 0 saturated heterocycles. The first-order valence-corrected chi connectivity index (χ1v) is 12.5. The molecule has 0 bridgehead atoms. The average molecular weight is 453 g/mol. The number of thiophene rings is 1. The summed E-state index contributed by atoms with van der Waals surface area (Å²) in [6.45, 7) is 3.05. The molecule has 0 saturated carbocycles. The maximum absolute atomic E-state index is 13.8. The summed E-state index contributed by atoms with van der Waals surface area (Å²) >= 11 is 1.70. The van der Waals surface area contributed by atoms with Crippen LogP contribution in [0.15, 0.2) is 84.5 Å². The van der Waals surface area contributed by atoms with E-state index in [0.29, 0.717) is 0 Å². The van der Waals surface area contributed by atoms with Crippen molar-refractivity contribution in [3.63, 3.8) is 0 Å². The fourth-order valence-electron chi connectivity index (χ4n) is 4.59.